The van der Waals surface area contributed by atoms with Crippen LogP contribution in [0.15, 0.2) is 29.8 Å². The molecule has 0 radical (unpaired) electrons. The van der Waals surface area contributed by atoms with E-state index in [0.29, 0.717) is 28.5 Å². The third kappa shape index (κ3) is 1.42. The molecular formula is C12H8O3. The van der Waals surface area contributed by atoms with Crippen LogP contribution in [0.4, 0.5) is 0 Å². The summed E-state index contributed by atoms with van der Waals surface area (Å²) < 4.78 is 0. The first-order valence-electron chi connectivity index (χ1n) is 4.50. The number of carbonyl (C=O) groups excluding carboxylic acids is 3. The number of aldehydes is 1. The number of hydrogen-bond acceptors (Lipinski definition) is 3. The first-order chi connectivity index (χ1) is 7.13. The van der Waals surface area contributed by atoms with Gasteiger partial charge in [-0.15, -0.1) is 0 Å². The molecule has 15 heavy (non-hydrogen) atoms. The molecule has 0 spiro atoms. The van der Waals surface area contributed by atoms with Gasteiger partial charge in [-0.2, -0.15) is 0 Å². The third-order valence-corrected chi connectivity index (χ3v) is 2.40. The summed E-state index contributed by atoms with van der Waals surface area (Å²) in [7, 11) is 0. The van der Waals surface area contributed by atoms with Gasteiger partial charge in [-0.3, -0.25) is 14.4 Å². The van der Waals surface area contributed by atoms with Crippen molar-refractivity contribution in [3.8, 4) is 0 Å². The van der Waals surface area contributed by atoms with Crippen LogP contribution in [-0.4, -0.2) is 17.9 Å². The van der Waals surface area contributed by atoms with Crippen LogP contribution in [0.2, 0.25) is 0 Å². The standard InChI is InChI=1S/C12H8O3/c1-7-4-11(14)9-3-2-8(6-13)5-10(9)12(7)15/h2-6H,1H3. The van der Waals surface area contributed by atoms with Gasteiger partial charge in [0, 0.05) is 22.3 Å². The zero-order valence-corrected chi connectivity index (χ0v) is 8.11. The van der Waals surface area contributed by atoms with Crippen LogP contribution >= 0.6 is 0 Å². The number of hydrogen-bond donors (Lipinski definition) is 0. The molecule has 0 unspecified atom stereocenters. The van der Waals surface area contributed by atoms with E-state index in [9.17, 15) is 14.4 Å². The van der Waals surface area contributed by atoms with Gasteiger partial charge in [0.15, 0.2) is 11.6 Å². The highest BCUT2D eigenvalue weighted by atomic mass is 16.1. The maximum atomic E-state index is 11.7. The van der Waals surface area contributed by atoms with Gasteiger partial charge < -0.3 is 0 Å². The lowest BCUT2D eigenvalue weighted by molar-refractivity contribution is 0.0984. The number of Topliss-reactive ketones (excluding diaryl/α,β-unsaturated/α-hetero) is 1. The minimum absolute atomic E-state index is 0.181. The number of ketones is 2. The van der Waals surface area contributed by atoms with Gasteiger partial charge in [0.1, 0.15) is 6.29 Å². The van der Waals surface area contributed by atoms with E-state index in [4.69, 9.17) is 0 Å². The fourth-order valence-corrected chi connectivity index (χ4v) is 1.59. The Kier molecular flexibility index (Phi) is 2.08. The van der Waals surface area contributed by atoms with Crippen LogP contribution in [0.3, 0.4) is 0 Å². The Hall–Kier alpha value is -2.03. The van der Waals surface area contributed by atoms with E-state index in [2.05, 4.69) is 0 Å². The van der Waals surface area contributed by atoms with E-state index in [0.717, 1.165) is 0 Å². The molecule has 0 fully saturated rings. The van der Waals surface area contributed by atoms with Crippen LogP contribution in [0.1, 0.15) is 38.0 Å². The summed E-state index contributed by atoms with van der Waals surface area (Å²) in [6.07, 6.45) is 1.98. The Morgan fingerprint density at radius 1 is 1.13 bits per heavy atom. The smallest absolute Gasteiger partial charge is 0.189 e. The number of fused-ring (bicyclic) bond motifs is 1. The maximum absolute atomic E-state index is 11.7. The van der Waals surface area contributed by atoms with Crippen molar-refractivity contribution in [1.29, 1.82) is 0 Å². The summed E-state index contributed by atoms with van der Waals surface area (Å²) >= 11 is 0. The number of benzene rings is 1. The van der Waals surface area contributed by atoms with Crippen LogP contribution in [0, 0.1) is 0 Å². The SMILES string of the molecule is CC1=CC(=O)c2ccc(C=O)cc2C1=O. The summed E-state index contributed by atoms with van der Waals surface area (Å²) in [4.78, 5) is 33.8. The van der Waals surface area contributed by atoms with Crippen molar-refractivity contribution in [3.05, 3.63) is 46.5 Å². The van der Waals surface area contributed by atoms with Crippen LogP contribution in [0.5, 0.6) is 0 Å². The lowest BCUT2D eigenvalue weighted by atomic mass is 9.89. The molecule has 0 aromatic heterocycles. The van der Waals surface area contributed by atoms with Crippen molar-refractivity contribution in [1.82, 2.24) is 0 Å². The minimum atomic E-state index is -0.187. The van der Waals surface area contributed by atoms with E-state index in [-0.39, 0.29) is 11.6 Å². The van der Waals surface area contributed by atoms with Gasteiger partial charge in [0.25, 0.3) is 0 Å². The highest BCUT2D eigenvalue weighted by molar-refractivity contribution is 6.24. The molecule has 0 amide bonds. The zero-order valence-electron chi connectivity index (χ0n) is 8.11. The molecule has 3 nitrogen and oxygen atoms in total. The zero-order chi connectivity index (χ0) is 11.0. The first-order valence-corrected chi connectivity index (χ1v) is 4.50. The Labute approximate surface area is 86.4 Å². The Balaban J connectivity index is 2.67. The average molecular weight is 200 g/mol. The van der Waals surface area contributed by atoms with E-state index >= 15 is 0 Å². The van der Waals surface area contributed by atoms with Gasteiger partial charge >= 0.3 is 0 Å². The normalized spacial score (nSPS) is 14.6. The molecule has 0 saturated heterocycles. The van der Waals surface area contributed by atoms with Crippen molar-refractivity contribution in [2.24, 2.45) is 0 Å². The first kappa shape index (κ1) is 9.52. The number of allylic oxidation sites excluding steroid dienone is 2. The molecule has 1 aliphatic carbocycles. The molecule has 2 rings (SSSR count). The Morgan fingerprint density at radius 2 is 1.87 bits per heavy atom. The van der Waals surface area contributed by atoms with Crippen molar-refractivity contribution in [2.75, 3.05) is 0 Å². The predicted octanol–water partition coefficient (Wildman–Crippen LogP) is 1.82. The Morgan fingerprint density at radius 3 is 2.53 bits per heavy atom. The summed E-state index contributed by atoms with van der Waals surface area (Å²) in [6, 6.07) is 4.51. The second-order valence-electron chi connectivity index (χ2n) is 3.44. The maximum Gasteiger partial charge on any atom is 0.189 e. The van der Waals surface area contributed by atoms with Crippen LogP contribution < -0.4 is 0 Å². The van der Waals surface area contributed by atoms with Crippen molar-refractivity contribution in [3.63, 3.8) is 0 Å². The van der Waals surface area contributed by atoms with Gasteiger partial charge in [-0.25, -0.2) is 0 Å². The van der Waals surface area contributed by atoms with E-state index < -0.39 is 0 Å². The van der Waals surface area contributed by atoms with Crippen LogP contribution in [0.25, 0.3) is 0 Å². The third-order valence-electron chi connectivity index (χ3n) is 2.40. The molecule has 0 N–H and O–H groups in total. The lowest BCUT2D eigenvalue weighted by Crippen LogP contribution is -2.15. The largest absolute Gasteiger partial charge is 0.298 e. The monoisotopic (exact) mass is 200 g/mol. The van der Waals surface area contributed by atoms with E-state index in [1.165, 1.54) is 24.3 Å². The van der Waals surface area contributed by atoms with E-state index in [1.54, 1.807) is 6.92 Å². The van der Waals surface area contributed by atoms with Crippen molar-refractivity contribution in [2.45, 2.75) is 6.92 Å². The average Bonchev–Trinajstić information content (AvgIpc) is 2.25. The Bertz CT molecular complexity index is 510. The molecule has 1 aromatic rings. The molecule has 3 heteroatoms. The molecule has 0 saturated carbocycles. The van der Waals surface area contributed by atoms with Gasteiger partial charge in [-0.1, -0.05) is 6.07 Å². The van der Waals surface area contributed by atoms with Gasteiger partial charge in [-0.05, 0) is 25.1 Å². The number of carbonyl (C=O) groups is 3. The van der Waals surface area contributed by atoms with Crippen molar-refractivity contribution < 1.29 is 14.4 Å². The van der Waals surface area contributed by atoms with Gasteiger partial charge in [0.05, 0.1) is 0 Å². The summed E-state index contributed by atoms with van der Waals surface area (Å²) in [6.45, 7) is 1.59. The van der Waals surface area contributed by atoms with Crippen molar-refractivity contribution >= 4 is 17.9 Å². The molecular weight excluding hydrogens is 192 g/mol. The molecule has 0 bridgehead atoms. The van der Waals surface area contributed by atoms with Crippen LogP contribution in [-0.2, 0) is 0 Å². The fraction of sp³-hybridized carbons (Fsp3) is 0.0833. The molecule has 74 valence electrons. The second-order valence-corrected chi connectivity index (χ2v) is 3.44. The summed E-state index contributed by atoms with van der Waals surface area (Å²) in [5.41, 5.74) is 1.51. The highest BCUT2D eigenvalue weighted by Gasteiger charge is 2.22. The summed E-state index contributed by atoms with van der Waals surface area (Å²) in [5.74, 6) is -0.368. The molecule has 0 atom stereocenters. The quantitative estimate of drug-likeness (QED) is 0.650. The predicted molar refractivity (Wildman–Crippen MR) is 54.2 cm³/mol. The van der Waals surface area contributed by atoms with E-state index in [1.807, 2.05) is 0 Å². The molecule has 1 aromatic carbocycles. The van der Waals surface area contributed by atoms with Gasteiger partial charge in [0.2, 0.25) is 0 Å². The minimum Gasteiger partial charge on any atom is -0.298 e. The molecule has 0 aliphatic heterocycles. The fourth-order valence-electron chi connectivity index (χ4n) is 1.59. The summed E-state index contributed by atoms with van der Waals surface area (Å²) in [5, 5.41) is 0. The number of rotatable bonds is 1. The molecule has 1 aliphatic rings. The molecule has 0 heterocycles. The second kappa shape index (κ2) is 3.28. The topological polar surface area (TPSA) is 51.2 Å². The lowest BCUT2D eigenvalue weighted by Gasteiger charge is -2.12. The highest BCUT2D eigenvalue weighted by Crippen LogP contribution is 2.21.